The van der Waals surface area contributed by atoms with Crippen LogP contribution in [-0.2, 0) is 13.6 Å². The monoisotopic (exact) mass is 391 g/mol. The van der Waals surface area contributed by atoms with Gasteiger partial charge in [0.25, 0.3) is 0 Å². The zero-order valence-corrected chi connectivity index (χ0v) is 15.2. The average Bonchev–Trinajstić information content (AvgIpc) is 3.15. The van der Waals surface area contributed by atoms with Gasteiger partial charge in [0, 0.05) is 31.4 Å². The van der Waals surface area contributed by atoms with E-state index in [1.54, 1.807) is 0 Å². The summed E-state index contributed by atoms with van der Waals surface area (Å²) in [5, 5.41) is 11.1. The number of rotatable bonds is 5. The first-order valence-electron chi connectivity index (χ1n) is 7.13. The van der Waals surface area contributed by atoms with Gasteiger partial charge in [-0.3, -0.25) is 4.68 Å². The van der Waals surface area contributed by atoms with Gasteiger partial charge in [-0.15, -0.1) is 24.0 Å². The average molecular weight is 391 g/mol. The summed E-state index contributed by atoms with van der Waals surface area (Å²) in [6.45, 7) is 8.84. The third-order valence-electron chi connectivity index (χ3n) is 3.65. The summed E-state index contributed by atoms with van der Waals surface area (Å²) in [6, 6.07) is 0. The van der Waals surface area contributed by atoms with E-state index in [1.165, 1.54) is 24.1 Å². The number of hydrogen-bond donors (Lipinski definition) is 2. The van der Waals surface area contributed by atoms with Crippen LogP contribution in [0, 0.1) is 19.8 Å². The number of nitrogens with zero attached hydrogens (tertiary/aromatic N) is 3. The second kappa shape index (κ2) is 7.85. The Labute approximate surface area is 138 Å². The van der Waals surface area contributed by atoms with Crippen LogP contribution in [0.25, 0.3) is 0 Å². The Balaban J connectivity index is 0.00000200. The lowest BCUT2D eigenvalue weighted by atomic mass is 10.2. The van der Waals surface area contributed by atoms with Crippen LogP contribution in [0.4, 0.5) is 0 Å². The highest BCUT2D eigenvalue weighted by atomic mass is 127. The molecule has 1 aromatic rings. The summed E-state index contributed by atoms with van der Waals surface area (Å²) >= 11 is 0. The normalized spacial score (nSPS) is 14.9. The lowest BCUT2D eigenvalue weighted by Crippen LogP contribution is -2.38. The molecule has 1 heterocycles. The molecule has 6 heteroatoms. The molecule has 114 valence electrons. The van der Waals surface area contributed by atoms with Crippen molar-refractivity contribution >= 4 is 29.9 Å². The number of halogens is 1. The first kappa shape index (κ1) is 17.3. The van der Waals surface area contributed by atoms with Gasteiger partial charge in [0.15, 0.2) is 5.96 Å². The van der Waals surface area contributed by atoms with Crippen molar-refractivity contribution in [2.45, 2.75) is 40.2 Å². The van der Waals surface area contributed by atoms with Crippen LogP contribution in [0.1, 0.15) is 36.7 Å². The largest absolute Gasteiger partial charge is 0.357 e. The maximum absolute atomic E-state index is 4.66. The lowest BCUT2D eigenvalue weighted by Gasteiger charge is -2.10. The highest BCUT2D eigenvalue weighted by molar-refractivity contribution is 14.0. The van der Waals surface area contributed by atoms with Crippen molar-refractivity contribution in [3.05, 3.63) is 17.0 Å². The zero-order chi connectivity index (χ0) is 13.8. The first-order chi connectivity index (χ1) is 9.11. The molecule has 0 atom stereocenters. The van der Waals surface area contributed by atoms with Gasteiger partial charge in [0.05, 0.1) is 12.2 Å². The van der Waals surface area contributed by atoms with E-state index >= 15 is 0 Å². The van der Waals surface area contributed by atoms with Gasteiger partial charge in [-0.1, -0.05) is 0 Å². The molecule has 0 spiro atoms. The zero-order valence-electron chi connectivity index (χ0n) is 12.9. The molecule has 1 aromatic heterocycles. The Morgan fingerprint density at radius 2 is 2.05 bits per heavy atom. The number of aliphatic imine (C=N–C) groups is 1. The van der Waals surface area contributed by atoms with Crippen LogP contribution >= 0.6 is 24.0 Å². The number of aryl methyl sites for hydroxylation is 2. The fraction of sp³-hybridized carbons (Fsp3) is 0.714. The van der Waals surface area contributed by atoms with Crippen molar-refractivity contribution in [2.75, 3.05) is 13.1 Å². The fourth-order valence-corrected chi connectivity index (χ4v) is 2.11. The second-order valence-electron chi connectivity index (χ2n) is 5.29. The van der Waals surface area contributed by atoms with E-state index in [0.717, 1.165) is 30.7 Å². The number of guanidine groups is 1. The molecule has 0 amide bonds. The summed E-state index contributed by atoms with van der Waals surface area (Å²) in [4.78, 5) is 4.66. The van der Waals surface area contributed by atoms with Crippen LogP contribution < -0.4 is 10.6 Å². The molecule has 20 heavy (non-hydrogen) atoms. The number of aromatic nitrogens is 2. The summed E-state index contributed by atoms with van der Waals surface area (Å²) in [6.07, 6.45) is 2.71. The van der Waals surface area contributed by atoms with E-state index < -0.39 is 0 Å². The van der Waals surface area contributed by atoms with Crippen molar-refractivity contribution in [1.29, 1.82) is 0 Å². The molecule has 1 aliphatic carbocycles. The van der Waals surface area contributed by atoms with Crippen LogP contribution in [0.2, 0.25) is 0 Å². The summed E-state index contributed by atoms with van der Waals surface area (Å²) in [5.74, 6) is 1.77. The molecule has 2 rings (SSSR count). The molecule has 0 unspecified atom stereocenters. The van der Waals surface area contributed by atoms with Gasteiger partial charge in [-0.05, 0) is 39.5 Å². The van der Waals surface area contributed by atoms with Crippen molar-refractivity contribution in [2.24, 2.45) is 18.0 Å². The Bertz CT molecular complexity index is 462. The second-order valence-corrected chi connectivity index (χ2v) is 5.29. The van der Waals surface area contributed by atoms with Gasteiger partial charge in [-0.25, -0.2) is 4.99 Å². The smallest absolute Gasteiger partial charge is 0.191 e. The molecule has 0 radical (unpaired) electrons. The quantitative estimate of drug-likeness (QED) is 0.459. The van der Waals surface area contributed by atoms with E-state index in [4.69, 9.17) is 0 Å². The van der Waals surface area contributed by atoms with E-state index in [1.807, 2.05) is 18.7 Å². The Hall–Kier alpha value is -0.790. The van der Waals surface area contributed by atoms with Crippen molar-refractivity contribution in [3.8, 4) is 0 Å². The van der Waals surface area contributed by atoms with Gasteiger partial charge >= 0.3 is 0 Å². The maximum Gasteiger partial charge on any atom is 0.191 e. The lowest BCUT2D eigenvalue weighted by molar-refractivity contribution is 0.728. The highest BCUT2D eigenvalue weighted by Gasteiger charge is 2.21. The minimum Gasteiger partial charge on any atom is -0.357 e. The topological polar surface area (TPSA) is 54.2 Å². The van der Waals surface area contributed by atoms with Gasteiger partial charge in [0.1, 0.15) is 0 Å². The van der Waals surface area contributed by atoms with Crippen LogP contribution in [0.5, 0.6) is 0 Å². The Kier molecular flexibility index (Phi) is 6.78. The van der Waals surface area contributed by atoms with E-state index in [9.17, 15) is 0 Å². The van der Waals surface area contributed by atoms with E-state index in [-0.39, 0.29) is 24.0 Å². The molecule has 0 aromatic carbocycles. The van der Waals surface area contributed by atoms with Gasteiger partial charge in [0.2, 0.25) is 0 Å². The Morgan fingerprint density at radius 3 is 2.55 bits per heavy atom. The molecule has 1 fully saturated rings. The summed E-state index contributed by atoms with van der Waals surface area (Å²) < 4.78 is 1.92. The molecule has 1 aliphatic rings. The molecule has 0 aliphatic heterocycles. The van der Waals surface area contributed by atoms with E-state index in [0.29, 0.717) is 6.54 Å². The van der Waals surface area contributed by atoms with Crippen LogP contribution in [0.15, 0.2) is 4.99 Å². The molecular formula is C14H26IN5. The summed E-state index contributed by atoms with van der Waals surface area (Å²) in [7, 11) is 1.98. The number of nitrogens with one attached hydrogen (secondary N) is 2. The molecule has 0 bridgehead atoms. The Morgan fingerprint density at radius 1 is 1.35 bits per heavy atom. The molecular weight excluding hydrogens is 365 g/mol. The van der Waals surface area contributed by atoms with Crippen molar-refractivity contribution in [3.63, 3.8) is 0 Å². The summed E-state index contributed by atoms with van der Waals surface area (Å²) in [5.41, 5.74) is 3.49. The van der Waals surface area contributed by atoms with Gasteiger partial charge in [-0.2, -0.15) is 5.10 Å². The van der Waals surface area contributed by atoms with Crippen LogP contribution in [0.3, 0.4) is 0 Å². The predicted octanol–water partition coefficient (Wildman–Crippen LogP) is 2.12. The van der Waals surface area contributed by atoms with E-state index in [2.05, 4.69) is 34.6 Å². The highest BCUT2D eigenvalue weighted by Crippen LogP contribution is 2.27. The minimum atomic E-state index is 0. The molecule has 2 N–H and O–H groups in total. The fourth-order valence-electron chi connectivity index (χ4n) is 2.11. The minimum absolute atomic E-state index is 0. The standard InChI is InChI=1S/C14H25N5.HI/c1-5-15-14(16-8-12-6-7-12)17-9-13-10(2)18-19(4)11(13)3;/h12H,5-9H2,1-4H3,(H2,15,16,17);1H. The van der Waals surface area contributed by atoms with Crippen LogP contribution in [-0.4, -0.2) is 28.8 Å². The van der Waals surface area contributed by atoms with Gasteiger partial charge < -0.3 is 10.6 Å². The molecule has 5 nitrogen and oxygen atoms in total. The number of hydrogen-bond acceptors (Lipinski definition) is 2. The van der Waals surface area contributed by atoms with Crippen molar-refractivity contribution < 1.29 is 0 Å². The first-order valence-corrected chi connectivity index (χ1v) is 7.13. The predicted molar refractivity (Wildman–Crippen MR) is 93.6 cm³/mol. The SMILES string of the molecule is CCNC(=NCc1c(C)nn(C)c1C)NCC1CC1.I. The third kappa shape index (κ3) is 4.64. The molecule has 1 saturated carbocycles. The maximum atomic E-state index is 4.66. The van der Waals surface area contributed by atoms with Crippen molar-refractivity contribution in [1.82, 2.24) is 20.4 Å². The third-order valence-corrected chi connectivity index (χ3v) is 3.65. The molecule has 0 saturated heterocycles.